The monoisotopic (exact) mass is 295 g/mol. The summed E-state index contributed by atoms with van der Waals surface area (Å²) in [5.74, 6) is 1.85. The zero-order chi connectivity index (χ0) is 15.1. The fraction of sp³-hybridized carbons (Fsp3) is 0.143. The number of fused-ring (bicyclic) bond motifs is 2. The summed E-state index contributed by atoms with van der Waals surface area (Å²) >= 11 is 0. The molecule has 0 saturated heterocycles. The minimum absolute atomic E-state index is 0.407. The zero-order valence-electron chi connectivity index (χ0n) is 11.7. The van der Waals surface area contributed by atoms with Crippen LogP contribution >= 0.6 is 0 Å². The number of anilines is 4. The number of aromatic nitrogens is 5. The molecule has 8 nitrogen and oxygen atoms in total. The van der Waals surface area contributed by atoms with Crippen LogP contribution < -0.4 is 10.2 Å². The molecule has 110 valence electrons. The van der Waals surface area contributed by atoms with Gasteiger partial charge in [0, 0.05) is 19.4 Å². The van der Waals surface area contributed by atoms with Gasteiger partial charge in [-0.1, -0.05) is 6.07 Å². The Morgan fingerprint density at radius 2 is 2.05 bits per heavy atom. The third-order valence-electron chi connectivity index (χ3n) is 3.64. The van der Waals surface area contributed by atoms with Gasteiger partial charge in [0.15, 0.2) is 17.5 Å². The van der Waals surface area contributed by atoms with Crippen LogP contribution in [0.1, 0.15) is 17.5 Å². The lowest BCUT2D eigenvalue weighted by Crippen LogP contribution is -2.20. The van der Waals surface area contributed by atoms with E-state index in [0.29, 0.717) is 17.2 Å². The van der Waals surface area contributed by atoms with Crippen molar-refractivity contribution in [3.63, 3.8) is 0 Å². The summed E-state index contributed by atoms with van der Waals surface area (Å²) in [7, 11) is 1.93. The van der Waals surface area contributed by atoms with Crippen molar-refractivity contribution in [1.82, 2.24) is 25.1 Å². The molecule has 1 aliphatic rings. The largest absolute Gasteiger partial charge is 0.380 e. The number of rotatable bonds is 2. The Labute approximate surface area is 125 Å². The number of aliphatic hydroxyl groups is 1. The minimum atomic E-state index is -0.858. The molecule has 1 aliphatic heterocycles. The molecular weight excluding hydrogens is 282 g/mol. The predicted octanol–water partition coefficient (Wildman–Crippen LogP) is 1.50. The van der Waals surface area contributed by atoms with E-state index in [0.717, 1.165) is 17.2 Å². The van der Waals surface area contributed by atoms with Crippen LogP contribution in [-0.4, -0.2) is 37.3 Å². The van der Waals surface area contributed by atoms with Gasteiger partial charge in [0.05, 0.1) is 11.4 Å². The van der Waals surface area contributed by atoms with E-state index in [1.54, 1.807) is 12.4 Å². The van der Waals surface area contributed by atoms with Crippen molar-refractivity contribution in [3.05, 3.63) is 48.3 Å². The highest BCUT2D eigenvalue weighted by molar-refractivity contribution is 5.88. The Kier molecular flexibility index (Phi) is 2.76. The number of hydrogen-bond acceptors (Lipinski definition) is 7. The van der Waals surface area contributed by atoms with E-state index in [1.165, 1.54) is 6.33 Å². The smallest absolute Gasteiger partial charge is 0.176 e. The number of hydrogen-bond donors (Lipinski definition) is 3. The summed E-state index contributed by atoms with van der Waals surface area (Å²) in [4.78, 5) is 14.6. The molecule has 1 unspecified atom stereocenters. The quantitative estimate of drug-likeness (QED) is 0.658. The molecule has 22 heavy (non-hydrogen) atoms. The normalized spacial score (nSPS) is 14.0. The standard InChI is InChI=1S/C14H13N7O/c1-21-10-3-2-8(11(22)12-17-7-18-20-12)6-9(10)19-13-14(21)16-5-4-15-13/h2-7,11,22H,1H3,(H,15,19)(H,17,18,20). The number of aromatic amines is 1. The van der Waals surface area contributed by atoms with Crippen molar-refractivity contribution in [2.45, 2.75) is 6.10 Å². The van der Waals surface area contributed by atoms with Gasteiger partial charge < -0.3 is 15.3 Å². The first kappa shape index (κ1) is 12.7. The molecule has 0 fully saturated rings. The Morgan fingerprint density at radius 1 is 1.18 bits per heavy atom. The van der Waals surface area contributed by atoms with Gasteiger partial charge in [0.1, 0.15) is 12.4 Å². The van der Waals surface area contributed by atoms with Crippen molar-refractivity contribution < 1.29 is 5.11 Å². The van der Waals surface area contributed by atoms with Gasteiger partial charge in [-0.05, 0) is 17.7 Å². The van der Waals surface area contributed by atoms with E-state index in [4.69, 9.17) is 0 Å². The molecule has 3 N–H and O–H groups in total. The highest BCUT2D eigenvalue weighted by Gasteiger charge is 2.23. The summed E-state index contributed by atoms with van der Waals surface area (Å²) in [6.45, 7) is 0. The van der Waals surface area contributed by atoms with Gasteiger partial charge in [-0.2, -0.15) is 5.10 Å². The van der Waals surface area contributed by atoms with E-state index in [-0.39, 0.29) is 0 Å². The molecular formula is C14H13N7O. The van der Waals surface area contributed by atoms with Gasteiger partial charge in [-0.3, -0.25) is 5.10 Å². The Balaban J connectivity index is 1.74. The molecule has 0 radical (unpaired) electrons. The molecule has 0 saturated carbocycles. The van der Waals surface area contributed by atoms with E-state index in [9.17, 15) is 5.11 Å². The molecule has 4 rings (SSSR count). The van der Waals surface area contributed by atoms with Gasteiger partial charge in [-0.25, -0.2) is 15.0 Å². The Hall–Kier alpha value is -3.00. The number of H-pyrrole nitrogens is 1. The first-order valence-electron chi connectivity index (χ1n) is 6.73. The van der Waals surface area contributed by atoms with Gasteiger partial charge in [0.25, 0.3) is 0 Å². The summed E-state index contributed by atoms with van der Waals surface area (Å²) in [5.41, 5.74) is 2.52. The molecule has 2 aromatic heterocycles. The first-order valence-corrected chi connectivity index (χ1v) is 6.73. The summed E-state index contributed by atoms with van der Waals surface area (Å²) < 4.78 is 0. The van der Waals surface area contributed by atoms with Crippen LogP contribution in [0, 0.1) is 0 Å². The van der Waals surface area contributed by atoms with Crippen LogP contribution in [0.5, 0.6) is 0 Å². The topological polar surface area (TPSA) is 103 Å². The lowest BCUT2D eigenvalue weighted by molar-refractivity contribution is 0.210. The van der Waals surface area contributed by atoms with Crippen molar-refractivity contribution in [1.29, 1.82) is 0 Å². The number of benzene rings is 1. The second kappa shape index (κ2) is 4.78. The molecule has 8 heteroatoms. The average molecular weight is 295 g/mol. The maximum atomic E-state index is 10.3. The van der Waals surface area contributed by atoms with Crippen LogP contribution in [-0.2, 0) is 0 Å². The number of aliphatic hydroxyl groups excluding tert-OH is 1. The number of nitrogens with one attached hydrogen (secondary N) is 2. The van der Waals surface area contributed by atoms with E-state index in [1.807, 2.05) is 30.1 Å². The van der Waals surface area contributed by atoms with Gasteiger partial charge in [0.2, 0.25) is 0 Å². The average Bonchev–Trinajstić information content (AvgIpc) is 3.08. The molecule has 0 amide bonds. The second-order valence-electron chi connectivity index (χ2n) is 4.96. The lowest BCUT2D eigenvalue weighted by Gasteiger charge is -2.29. The summed E-state index contributed by atoms with van der Waals surface area (Å²) in [5, 5.41) is 20.0. The summed E-state index contributed by atoms with van der Waals surface area (Å²) in [6, 6.07) is 5.65. The zero-order valence-corrected chi connectivity index (χ0v) is 11.7. The minimum Gasteiger partial charge on any atom is -0.380 e. The maximum absolute atomic E-state index is 10.3. The predicted molar refractivity (Wildman–Crippen MR) is 80.3 cm³/mol. The van der Waals surface area contributed by atoms with E-state index >= 15 is 0 Å². The van der Waals surface area contributed by atoms with Crippen LogP contribution in [0.3, 0.4) is 0 Å². The van der Waals surface area contributed by atoms with Crippen molar-refractivity contribution >= 4 is 23.0 Å². The van der Waals surface area contributed by atoms with Crippen molar-refractivity contribution in [2.75, 3.05) is 17.3 Å². The molecule has 1 atom stereocenters. The van der Waals surface area contributed by atoms with Crippen molar-refractivity contribution in [2.24, 2.45) is 0 Å². The SMILES string of the molecule is CN1c2ccc(C(O)c3ncn[nH]3)cc2Nc2nccnc21. The fourth-order valence-corrected chi connectivity index (χ4v) is 2.53. The first-order chi connectivity index (χ1) is 10.7. The van der Waals surface area contributed by atoms with Crippen LogP contribution in [0.15, 0.2) is 36.9 Å². The lowest BCUT2D eigenvalue weighted by atomic mass is 10.1. The number of nitrogens with zero attached hydrogens (tertiary/aromatic N) is 5. The molecule has 0 aliphatic carbocycles. The molecule has 1 aromatic carbocycles. The van der Waals surface area contributed by atoms with Crippen LogP contribution in [0.2, 0.25) is 0 Å². The van der Waals surface area contributed by atoms with E-state index < -0.39 is 6.10 Å². The van der Waals surface area contributed by atoms with Gasteiger partial charge >= 0.3 is 0 Å². The highest BCUT2D eigenvalue weighted by Crippen LogP contribution is 2.41. The molecule has 0 spiro atoms. The fourth-order valence-electron chi connectivity index (χ4n) is 2.53. The van der Waals surface area contributed by atoms with E-state index in [2.05, 4.69) is 30.5 Å². The summed E-state index contributed by atoms with van der Waals surface area (Å²) in [6.07, 6.45) is 3.81. The van der Waals surface area contributed by atoms with Gasteiger partial charge in [-0.15, -0.1) is 0 Å². The molecule has 0 bridgehead atoms. The Morgan fingerprint density at radius 3 is 2.86 bits per heavy atom. The van der Waals surface area contributed by atoms with Crippen LogP contribution in [0.4, 0.5) is 23.0 Å². The Bertz CT molecular complexity index is 818. The van der Waals surface area contributed by atoms with Crippen molar-refractivity contribution in [3.8, 4) is 0 Å². The third kappa shape index (κ3) is 1.89. The van der Waals surface area contributed by atoms with Crippen LogP contribution in [0.25, 0.3) is 0 Å². The highest BCUT2D eigenvalue weighted by atomic mass is 16.3. The molecule has 3 heterocycles. The maximum Gasteiger partial charge on any atom is 0.176 e. The third-order valence-corrected chi connectivity index (χ3v) is 3.64. The second-order valence-corrected chi connectivity index (χ2v) is 4.96. The molecule has 3 aromatic rings.